The Morgan fingerprint density at radius 1 is 1.22 bits per heavy atom. The molecule has 0 unspecified atom stereocenters. The number of rotatable bonds is 4. The van der Waals surface area contributed by atoms with Crippen molar-refractivity contribution in [3.05, 3.63) is 41.0 Å². The molecule has 0 aromatic carbocycles. The molecule has 0 saturated carbocycles. The lowest BCUT2D eigenvalue weighted by Gasteiger charge is -1.97. The van der Waals surface area contributed by atoms with Crippen molar-refractivity contribution in [2.24, 2.45) is 0 Å². The number of pyridine rings is 1. The van der Waals surface area contributed by atoms with E-state index in [2.05, 4.69) is 25.5 Å². The first-order valence-electron chi connectivity index (χ1n) is 5.27. The van der Waals surface area contributed by atoms with Crippen LogP contribution in [0.1, 0.15) is 5.69 Å². The van der Waals surface area contributed by atoms with Crippen LogP contribution >= 0.6 is 22.7 Å². The number of hydrogen-bond donors (Lipinski definition) is 1. The van der Waals surface area contributed by atoms with Crippen molar-refractivity contribution >= 4 is 27.8 Å². The van der Waals surface area contributed by atoms with Crippen molar-refractivity contribution in [1.82, 2.24) is 20.2 Å². The molecule has 0 fully saturated rings. The normalized spacial score (nSPS) is 10.4. The number of thiazole rings is 1. The van der Waals surface area contributed by atoms with Gasteiger partial charge in [0.05, 0.1) is 17.9 Å². The van der Waals surface area contributed by atoms with Crippen molar-refractivity contribution in [2.75, 3.05) is 5.32 Å². The minimum Gasteiger partial charge on any atom is -0.354 e. The largest absolute Gasteiger partial charge is 0.354 e. The van der Waals surface area contributed by atoms with E-state index in [0.29, 0.717) is 6.54 Å². The average Bonchev–Trinajstić information content (AvgIpc) is 3.09. The van der Waals surface area contributed by atoms with Gasteiger partial charge in [0.15, 0.2) is 0 Å². The Morgan fingerprint density at radius 2 is 2.22 bits per heavy atom. The molecule has 0 radical (unpaired) electrons. The second kappa shape index (κ2) is 5.19. The number of nitrogens with zero attached hydrogens (tertiary/aromatic N) is 4. The number of hydrogen-bond acceptors (Lipinski definition) is 7. The molecular formula is C11H9N5S2. The quantitative estimate of drug-likeness (QED) is 0.793. The molecule has 0 spiro atoms. The van der Waals surface area contributed by atoms with Crippen molar-refractivity contribution in [1.29, 1.82) is 0 Å². The fraction of sp³-hybridized carbons (Fsp3) is 0.0909. The molecule has 3 rings (SSSR count). The summed E-state index contributed by atoms with van der Waals surface area (Å²) in [6.45, 7) is 0.651. The Bertz CT molecular complexity index is 605. The van der Waals surface area contributed by atoms with Gasteiger partial charge in [-0.1, -0.05) is 17.4 Å². The fourth-order valence-corrected chi connectivity index (χ4v) is 2.65. The van der Waals surface area contributed by atoms with E-state index in [9.17, 15) is 0 Å². The zero-order valence-electron chi connectivity index (χ0n) is 9.28. The molecule has 3 heterocycles. The monoisotopic (exact) mass is 275 g/mol. The van der Waals surface area contributed by atoms with E-state index < -0.39 is 0 Å². The van der Waals surface area contributed by atoms with Gasteiger partial charge in [0.25, 0.3) is 0 Å². The van der Waals surface area contributed by atoms with Crippen molar-refractivity contribution in [3.8, 4) is 10.7 Å². The summed E-state index contributed by atoms with van der Waals surface area (Å²) in [6, 6.07) is 5.82. The van der Waals surface area contributed by atoms with Crippen LogP contribution in [-0.2, 0) is 6.54 Å². The lowest BCUT2D eigenvalue weighted by Crippen LogP contribution is -1.99. The molecule has 0 aliphatic heterocycles. The third-order valence-electron chi connectivity index (χ3n) is 2.22. The second-order valence-corrected chi connectivity index (χ2v) is 5.15. The maximum Gasteiger partial charge on any atom is 0.205 e. The minimum absolute atomic E-state index is 0.651. The number of aromatic nitrogens is 4. The van der Waals surface area contributed by atoms with Crippen LogP contribution in [0.15, 0.2) is 35.3 Å². The topological polar surface area (TPSA) is 63.6 Å². The predicted octanol–water partition coefficient (Wildman–Crippen LogP) is 2.67. The van der Waals surface area contributed by atoms with Crippen molar-refractivity contribution in [3.63, 3.8) is 0 Å². The molecule has 0 aliphatic rings. The van der Waals surface area contributed by atoms with E-state index >= 15 is 0 Å². The van der Waals surface area contributed by atoms with E-state index in [1.54, 1.807) is 23.0 Å². The first-order chi connectivity index (χ1) is 8.92. The van der Waals surface area contributed by atoms with Gasteiger partial charge in [0.1, 0.15) is 10.5 Å². The van der Waals surface area contributed by atoms with Gasteiger partial charge < -0.3 is 5.32 Å². The summed E-state index contributed by atoms with van der Waals surface area (Å²) in [5.74, 6) is 0. The highest BCUT2D eigenvalue weighted by Crippen LogP contribution is 2.21. The summed E-state index contributed by atoms with van der Waals surface area (Å²) in [7, 11) is 0. The summed E-state index contributed by atoms with van der Waals surface area (Å²) in [4.78, 5) is 8.81. The first-order valence-corrected chi connectivity index (χ1v) is 7.03. The number of anilines is 1. The first kappa shape index (κ1) is 11.2. The molecule has 18 heavy (non-hydrogen) atoms. The van der Waals surface area contributed by atoms with Crippen LogP contribution in [0.5, 0.6) is 0 Å². The average molecular weight is 275 g/mol. The minimum atomic E-state index is 0.651. The molecule has 7 heteroatoms. The van der Waals surface area contributed by atoms with Gasteiger partial charge in [-0.2, -0.15) is 0 Å². The maximum absolute atomic E-state index is 4.53. The Hall–Kier alpha value is -1.86. The van der Waals surface area contributed by atoms with Crippen molar-refractivity contribution in [2.45, 2.75) is 6.54 Å². The van der Waals surface area contributed by atoms with Crippen LogP contribution in [0.4, 0.5) is 5.13 Å². The van der Waals surface area contributed by atoms with Gasteiger partial charge in [-0.3, -0.25) is 4.98 Å². The van der Waals surface area contributed by atoms with Gasteiger partial charge in [0, 0.05) is 11.6 Å². The molecule has 0 bridgehead atoms. The molecule has 0 saturated heterocycles. The summed E-state index contributed by atoms with van der Waals surface area (Å²) in [5, 5.41) is 14.6. The predicted molar refractivity (Wildman–Crippen MR) is 72.6 cm³/mol. The van der Waals surface area contributed by atoms with E-state index in [1.165, 1.54) is 11.3 Å². The van der Waals surface area contributed by atoms with Crippen molar-refractivity contribution < 1.29 is 0 Å². The van der Waals surface area contributed by atoms with Gasteiger partial charge in [-0.25, -0.2) is 4.98 Å². The zero-order chi connectivity index (χ0) is 12.2. The van der Waals surface area contributed by atoms with E-state index in [-0.39, 0.29) is 0 Å². The molecule has 0 atom stereocenters. The summed E-state index contributed by atoms with van der Waals surface area (Å²) in [5.41, 5.74) is 3.59. The lowest BCUT2D eigenvalue weighted by molar-refractivity contribution is 1.03. The van der Waals surface area contributed by atoms with Crippen LogP contribution in [-0.4, -0.2) is 20.2 Å². The summed E-state index contributed by atoms with van der Waals surface area (Å²) in [6.07, 6.45) is 1.77. The van der Waals surface area contributed by atoms with E-state index in [0.717, 1.165) is 21.5 Å². The standard InChI is InChI=1S/C11H9N5S2/c1-2-4-12-9(3-1)10-15-8(6-17-10)5-13-11-16-14-7-18-11/h1-4,6-7H,5H2,(H,13,16). The third kappa shape index (κ3) is 2.52. The summed E-state index contributed by atoms with van der Waals surface area (Å²) < 4.78 is 0. The van der Waals surface area contributed by atoms with Crippen LogP contribution < -0.4 is 5.32 Å². The Kier molecular flexibility index (Phi) is 3.24. The zero-order valence-corrected chi connectivity index (χ0v) is 10.9. The molecule has 3 aromatic rings. The fourth-order valence-electron chi connectivity index (χ4n) is 1.41. The highest BCUT2D eigenvalue weighted by molar-refractivity contribution is 7.13. The molecule has 1 N–H and O–H groups in total. The highest BCUT2D eigenvalue weighted by Gasteiger charge is 2.05. The molecule has 90 valence electrons. The molecule has 5 nitrogen and oxygen atoms in total. The Balaban J connectivity index is 1.70. The molecule has 3 aromatic heterocycles. The van der Waals surface area contributed by atoms with Crippen LogP contribution in [0.25, 0.3) is 10.7 Å². The van der Waals surface area contributed by atoms with Crippen LogP contribution in [0.3, 0.4) is 0 Å². The highest BCUT2D eigenvalue weighted by atomic mass is 32.1. The molecular weight excluding hydrogens is 266 g/mol. The molecule has 0 amide bonds. The van der Waals surface area contributed by atoms with E-state index in [1.807, 2.05) is 23.6 Å². The third-order valence-corrected chi connectivity index (χ3v) is 3.78. The maximum atomic E-state index is 4.53. The summed E-state index contributed by atoms with van der Waals surface area (Å²) >= 11 is 3.07. The van der Waals surface area contributed by atoms with Gasteiger partial charge in [-0.05, 0) is 12.1 Å². The molecule has 0 aliphatic carbocycles. The van der Waals surface area contributed by atoms with E-state index in [4.69, 9.17) is 0 Å². The lowest BCUT2D eigenvalue weighted by atomic mass is 10.4. The Labute approximate surface area is 112 Å². The Morgan fingerprint density at radius 3 is 3.00 bits per heavy atom. The van der Waals surface area contributed by atoms with Crippen LogP contribution in [0.2, 0.25) is 0 Å². The van der Waals surface area contributed by atoms with Gasteiger partial charge >= 0.3 is 0 Å². The van der Waals surface area contributed by atoms with Gasteiger partial charge in [-0.15, -0.1) is 21.5 Å². The SMILES string of the molecule is c1ccc(-c2nc(CNc3nncs3)cs2)nc1. The number of nitrogens with one attached hydrogen (secondary N) is 1. The van der Waals surface area contributed by atoms with Crippen LogP contribution in [0, 0.1) is 0 Å². The smallest absolute Gasteiger partial charge is 0.205 e. The van der Waals surface area contributed by atoms with Gasteiger partial charge in [0.2, 0.25) is 5.13 Å². The second-order valence-electron chi connectivity index (χ2n) is 3.46.